The number of rotatable bonds is 8. The van der Waals surface area contributed by atoms with Gasteiger partial charge >= 0.3 is 6.03 Å². The lowest BCUT2D eigenvalue weighted by Gasteiger charge is -2.13. The maximum absolute atomic E-state index is 12.5. The van der Waals surface area contributed by atoms with Crippen molar-refractivity contribution in [1.82, 2.24) is 10.3 Å². The number of nitrogens with zero attached hydrogens (tertiary/aromatic N) is 1. The number of pyridine rings is 1. The normalized spacial score (nSPS) is 12.4. The van der Waals surface area contributed by atoms with Gasteiger partial charge in [-0.15, -0.1) is 0 Å². The number of hydrogen-bond acceptors (Lipinski definition) is 5. The fraction of sp³-hybridized carbons (Fsp3) is 0.333. The summed E-state index contributed by atoms with van der Waals surface area (Å²) in [5.74, 6) is 0. The second-order valence-corrected chi connectivity index (χ2v) is 8.20. The molecule has 0 saturated heterocycles. The molecule has 2 amide bonds. The van der Waals surface area contributed by atoms with E-state index < -0.39 is 15.1 Å². The van der Waals surface area contributed by atoms with Crippen LogP contribution < -0.4 is 10.6 Å². The number of hydrogen-bond donors (Lipinski definition) is 2. The van der Waals surface area contributed by atoms with Crippen LogP contribution in [0.5, 0.6) is 0 Å². The summed E-state index contributed by atoms with van der Waals surface area (Å²) in [6, 6.07) is 9.40. The van der Waals surface area contributed by atoms with Gasteiger partial charge in [0.1, 0.15) is 0 Å². The minimum atomic E-state index is -3.42. The lowest BCUT2D eigenvalue weighted by Crippen LogP contribution is -2.28. The molecule has 0 aliphatic carbocycles. The largest absolute Gasteiger partial charge is 0.385 e. The summed E-state index contributed by atoms with van der Waals surface area (Å²) in [6.45, 7) is 2.40. The Labute approximate surface area is 153 Å². The summed E-state index contributed by atoms with van der Waals surface area (Å²) in [7, 11) is -1.88. The molecule has 26 heavy (non-hydrogen) atoms. The zero-order chi connectivity index (χ0) is 19.0. The molecule has 0 spiro atoms. The van der Waals surface area contributed by atoms with E-state index in [2.05, 4.69) is 15.6 Å². The number of amides is 2. The molecule has 0 fully saturated rings. The van der Waals surface area contributed by atoms with Crippen LogP contribution in [0.3, 0.4) is 0 Å². The molecule has 2 N–H and O–H groups in total. The smallest absolute Gasteiger partial charge is 0.319 e. The Morgan fingerprint density at radius 2 is 1.96 bits per heavy atom. The van der Waals surface area contributed by atoms with Crippen LogP contribution in [0.4, 0.5) is 10.5 Å². The van der Waals surface area contributed by atoms with Crippen LogP contribution in [0.15, 0.2) is 53.7 Å². The van der Waals surface area contributed by atoms with E-state index in [0.717, 1.165) is 5.56 Å². The maximum Gasteiger partial charge on any atom is 0.319 e. The van der Waals surface area contributed by atoms with E-state index in [0.29, 0.717) is 25.3 Å². The molecule has 0 radical (unpaired) electrons. The Bertz CT molecular complexity index is 808. The first-order valence-electron chi connectivity index (χ1n) is 8.20. The third kappa shape index (κ3) is 5.53. The quantitative estimate of drug-likeness (QED) is 0.737. The van der Waals surface area contributed by atoms with Gasteiger partial charge in [-0.2, -0.15) is 0 Å². The number of benzene rings is 1. The van der Waals surface area contributed by atoms with Crippen molar-refractivity contribution in [1.29, 1.82) is 0 Å². The summed E-state index contributed by atoms with van der Waals surface area (Å²) in [5, 5.41) is 4.84. The first kappa shape index (κ1) is 19.9. The molecular weight excluding hydrogens is 354 g/mol. The number of nitrogens with one attached hydrogen (secondary N) is 2. The minimum absolute atomic E-state index is 0.224. The van der Waals surface area contributed by atoms with E-state index in [1.165, 1.54) is 12.1 Å². The summed E-state index contributed by atoms with van der Waals surface area (Å²) < 4.78 is 29.9. The number of ether oxygens (including phenoxy) is 1. The van der Waals surface area contributed by atoms with Gasteiger partial charge in [0.25, 0.3) is 0 Å². The zero-order valence-corrected chi connectivity index (χ0v) is 15.6. The Hall–Kier alpha value is -2.45. The van der Waals surface area contributed by atoms with Crippen molar-refractivity contribution >= 4 is 21.6 Å². The lowest BCUT2D eigenvalue weighted by atomic mass is 10.3. The molecule has 1 aromatic heterocycles. The van der Waals surface area contributed by atoms with Crippen molar-refractivity contribution in [3.05, 3.63) is 54.4 Å². The number of methoxy groups -OCH3 is 1. The number of carbonyl (C=O) groups excluding carboxylic acids is 1. The van der Waals surface area contributed by atoms with E-state index >= 15 is 0 Å². The second kappa shape index (κ2) is 9.30. The van der Waals surface area contributed by atoms with Crippen LogP contribution in [0.2, 0.25) is 0 Å². The highest BCUT2D eigenvalue weighted by molar-refractivity contribution is 7.92. The standard InChI is InChI=1S/C18H23N3O4S/c1-14(9-11-25-2)26(23,24)17-7-5-16(6-8-17)21-18(22)20-13-15-4-3-10-19-12-15/h3-8,10,12,14H,9,11,13H2,1-2H3,(H2,20,21,22). The van der Waals surface area contributed by atoms with Gasteiger partial charge in [-0.25, -0.2) is 13.2 Å². The molecule has 140 valence electrons. The topological polar surface area (TPSA) is 97.4 Å². The van der Waals surface area contributed by atoms with Gasteiger partial charge in [0, 0.05) is 38.3 Å². The summed E-state index contributed by atoms with van der Waals surface area (Å²) in [6.07, 6.45) is 3.76. The third-order valence-corrected chi connectivity index (χ3v) is 6.10. The van der Waals surface area contributed by atoms with E-state index in [1.54, 1.807) is 44.6 Å². The third-order valence-electron chi connectivity index (χ3n) is 3.87. The average Bonchev–Trinajstić information content (AvgIpc) is 2.65. The summed E-state index contributed by atoms with van der Waals surface area (Å²) >= 11 is 0. The number of sulfone groups is 1. The Morgan fingerprint density at radius 1 is 1.23 bits per heavy atom. The molecule has 0 aliphatic rings. The fourth-order valence-electron chi connectivity index (χ4n) is 2.26. The highest BCUT2D eigenvalue weighted by atomic mass is 32.2. The molecule has 0 saturated carbocycles. The zero-order valence-electron chi connectivity index (χ0n) is 14.8. The van der Waals surface area contributed by atoms with Crippen molar-refractivity contribution in [2.45, 2.75) is 30.0 Å². The molecule has 2 rings (SSSR count). The summed E-state index contributed by atoms with van der Waals surface area (Å²) in [4.78, 5) is 16.1. The van der Waals surface area contributed by atoms with Gasteiger partial charge < -0.3 is 15.4 Å². The molecule has 8 heteroatoms. The van der Waals surface area contributed by atoms with Crippen molar-refractivity contribution in [3.8, 4) is 0 Å². The number of urea groups is 1. The summed E-state index contributed by atoms with van der Waals surface area (Å²) in [5.41, 5.74) is 1.39. The van der Waals surface area contributed by atoms with Crippen molar-refractivity contribution in [3.63, 3.8) is 0 Å². The molecule has 2 aromatic rings. The van der Waals surface area contributed by atoms with E-state index in [9.17, 15) is 13.2 Å². The second-order valence-electron chi connectivity index (χ2n) is 5.83. The molecule has 1 unspecified atom stereocenters. The van der Waals surface area contributed by atoms with Crippen LogP contribution in [-0.2, 0) is 21.1 Å². The first-order valence-corrected chi connectivity index (χ1v) is 9.75. The van der Waals surface area contributed by atoms with Crippen LogP contribution in [0, 0.1) is 0 Å². The number of aromatic nitrogens is 1. The van der Waals surface area contributed by atoms with Gasteiger partial charge in [0.2, 0.25) is 0 Å². The predicted octanol–water partition coefficient (Wildman–Crippen LogP) is 2.60. The average molecular weight is 377 g/mol. The fourth-order valence-corrected chi connectivity index (χ4v) is 3.65. The van der Waals surface area contributed by atoms with E-state index in [4.69, 9.17) is 4.74 Å². The van der Waals surface area contributed by atoms with Gasteiger partial charge in [0.15, 0.2) is 9.84 Å². The molecule has 7 nitrogen and oxygen atoms in total. The minimum Gasteiger partial charge on any atom is -0.385 e. The molecule has 0 bridgehead atoms. The lowest BCUT2D eigenvalue weighted by molar-refractivity contribution is 0.194. The number of carbonyl (C=O) groups is 1. The van der Waals surface area contributed by atoms with Crippen LogP contribution in [0.25, 0.3) is 0 Å². The Morgan fingerprint density at radius 3 is 2.58 bits per heavy atom. The van der Waals surface area contributed by atoms with Crippen LogP contribution >= 0.6 is 0 Å². The Balaban J connectivity index is 1.93. The molecule has 1 aromatic carbocycles. The molecular formula is C18H23N3O4S. The molecule has 0 aliphatic heterocycles. The highest BCUT2D eigenvalue weighted by Crippen LogP contribution is 2.20. The van der Waals surface area contributed by atoms with E-state index in [-0.39, 0.29) is 10.9 Å². The highest BCUT2D eigenvalue weighted by Gasteiger charge is 2.22. The van der Waals surface area contributed by atoms with Crippen molar-refractivity contribution < 1.29 is 17.9 Å². The SMILES string of the molecule is COCCC(C)S(=O)(=O)c1ccc(NC(=O)NCc2cccnc2)cc1. The molecule has 1 heterocycles. The predicted molar refractivity (Wildman–Crippen MR) is 99.7 cm³/mol. The number of anilines is 1. The van der Waals surface area contributed by atoms with E-state index in [1.807, 2.05) is 6.07 Å². The monoisotopic (exact) mass is 377 g/mol. The van der Waals surface area contributed by atoms with Gasteiger partial charge in [-0.1, -0.05) is 6.07 Å². The van der Waals surface area contributed by atoms with Crippen molar-refractivity contribution in [2.75, 3.05) is 19.0 Å². The van der Waals surface area contributed by atoms with Crippen LogP contribution in [0.1, 0.15) is 18.9 Å². The molecule has 1 atom stereocenters. The Kier molecular flexibility index (Phi) is 7.11. The maximum atomic E-state index is 12.5. The van der Waals surface area contributed by atoms with Gasteiger partial charge in [0.05, 0.1) is 10.1 Å². The van der Waals surface area contributed by atoms with Gasteiger partial charge in [-0.3, -0.25) is 4.98 Å². The van der Waals surface area contributed by atoms with Gasteiger partial charge in [-0.05, 0) is 49.2 Å². The van der Waals surface area contributed by atoms with Crippen LogP contribution in [-0.4, -0.2) is 38.4 Å². The first-order chi connectivity index (χ1) is 12.4. The van der Waals surface area contributed by atoms with Crippen molar-refractivity contribution in [2.24, 2.45) is 0 Å².